The van der Waals surface area contributed by atoms with Gasteiger partial charge in [-0.05, 0) is 56.6 Å². The van der Waals surface area contributed by atoms with Gasteiger partial charge in [0.15, 0.2) is 0 Å². The van der Waals surface area contributed by atoms with E-state index in [4.69, 9.17) is 11.6 Å². The van der Waals surface area contributed by atoms with Crippen LogP contribution in [0.25, 0.3) is 10.9 Å². The summed E-state index contributed by atoms with van der Waals surface area (Å²) in [5, 5.41) is 20.4. The highest BCUT2D eigenvalue weighted by Gasteiger charge is 2.50. The standard InChI is InChI=1S/C20H25ClN4O2/c1-20(14-4-6-24(7-5-14)19(27)22-10-12-2-3-12)18(26)16-9-15(21)8-13-11-23-25(20)17(13)16/h8-9,11-12,14,18,26H,2-7,10H2,1H3,(H,22,27). The van der Waals surface area contributed by atoms with Crippen molar-refractivity contribution in [3.8, 4) is 0 Å². The van der Waals surface area contributed by atoms with Crippen LogP contribution in [-0.4, -0.2) is 45.5 Å². The quantitative estimate of drug-likeness (QED) is 0.847. The topological polar surface area (TPSA) is 70.4 Å². The van der Waals surface area contributed by atoms with Gasteiger partial charge in [-0.2, -0.15) is 5.10 Å². The summed E-state index contributed by atoms with van der Waals surface area (Å²) in [7, 11) is 0. The van der Waals surface area contributed by atoms with Crippen LogP contribution in [0.4, 0.5) is 4.79 Å². The van der Waals surface area contributed by atoms with Gasteiger partial charge < -0.3 is 15.3 Å². The van der Waals surface area contributed by atoms with E-state index in [0.29, 0.717) is 24.0 Å². The van der Waals surface area contributed by atoms with E-state index in [1.54, 1.807) is 0 Å². The predicted molar refractivity (Wildman–Crippen MR) is 104 cm³/mol. The van der Waals surface area contributed by atoms with Gasteiger partial charge in [0.2, 0.25) is 0 Å². The molecular weight excluding hydrogens is 364 g/mol. The summed E-state index contributed by atoms with van der Waals surface area (Å²) >= 11 is 6.24. The van der Waals surface area contributed by atoms with E-state index in [2.05, 4.69) is 17.3 Å². The summed E-state index contributed by atoms with van der Waals surface area (Å²) in [6.45, 7) is 4.32. The van der Waals surface area contributed by atoms with Crippen molar-refractivity contribution < 1.29 is 9.90 Å². The first-order chi connectivity index (χ1) is 13.0. The fourth-order valence-corrected chi connectivity index (χ4v) is 5.13. The summed E-state index contributed by atoms with van der Waals surface area (Å²) in [6, 6.07) is 3.81. The van der Waals surface area contributed by atoms with E-state index < -0.39 is 11.6 Å². The first kappa shape index (κ1) is 17.3. The van der Waals surface area contributed by atoms with Gasteiger partial charge in [0.25, 0.3) is 0 Å². The summed E-state index contributed by atoms with van der Waals surface area (Å²) in [4.78, 5) is 14.3. The summed E-state index contributed by atoms with van der Waals surface area (Å²) in [5.74, 6) is 0.931. The minimum absolute atomic E-state index is 0.0500. The first-order valence-corrected chi connectivity index (χ1v) is 10.2. The maximum atomic E-state index is 12.4. The maximum absolute atomic E-state index is 12.4. The predicted octanol–water partition coefficient (Wildman–Crippen LogP) is 3.28. The van der Waals surface area contributed by atoms with E-state index >= 15 is 0 Å². The number of aliphatic hydroxyl groups excluding tert-OH is 1. The number of aliphatic hydroxyl groups is 1. The number of rotatable bonds is 3. The Morgan fingerprint density at radius 1 is 1.33 bits per heavy atom. The zero-order chi connectivity index (χ0) is 18.8. The van der Waals surface area contributed by atoms with Crippen molar-refractivity contribution in [1.82, 2.24) is 20.0 Å². The number of nitrogens with one attached hydrogen (secondary N) is 1. The highest BCUT2D eigenvalue weighted by Crippen LogP contribution is 2.51. The normalized spacial score (nSPS) is 28.1. The summed E-state index contributed by atoms with van der Waals surface area (Å²) in [6.07, 6.45) is 5.38. The molecule has 0 radical (unpaired) electrons. The van der Waals surface area contributed by atoms with Crippen molar-refractivity contribution >= 4 is 28.5 Å². The van der Waals surface area contributed by atoms with Crippen LogP contribution in [0.3, 0.4) is 0 Å². The number of benzene rings is 1. The zero-order valence-corrected chi connectivity index (χ0v) is 16.2. The molecule has 2 atom stereocenters. The largest absolute Gasteiger partial charge is 0.386 e. The molecule has 2 amide bonds. The molecule has 2 fully saturated rings. The number of piperidine rings is 1. The van der Waals surface area contributed by atoms with Crippen LogP contribution in [0.15, 0.2) is 18.3 Å². The zero-order valence-electron chi connectivity index (χ0n) is 15.5. The SMILES string of the molecule is CC1(C2CCN(C(=O)NCC3CC3)CC2)C(O)c2cc(Cl)cc3cnn1c23. The van der Waals surface area contributed by atoms with E-state index in [0.717, 1.165) is 35.9 Å². The molecular formula is C20H25ClN4O2. The molecule has 1 aromatic heterocycles. The number of nitrogens with zero attached hydrogens (tertiary/aromatic N) is 3. The monoisotopic (exact) mass is 388 g/mol. The van der Waals surface area contributed by atoms with Gasteiger partial charge in [0.05, 0.1) is 17.3 Å². The molecule has 1 saturated carbocycles. The molecule has 5 rings (SSSR count). The number of carbonyl (C=O) groups is 1. The minimum Gasteiger partial charge on any atom is -0.386 e. The van der Waals surface area contributed by atoms with Crippen LogP contribution in [0.5, 0.6) is 0 Å². The highest BCUT2D eigenvalue weighted by molar-refractivity contribution is 6.31. The smallest absolute Gasteiger partial charge is 0.317 e. The Balaban J connectivity index is 1.34. The molecule has 1 aliphatic carbocycles. The van der Waals surface area contributed by atoms with Gasteiger partial charge in [0.1, 0.15) is 6.10 Å². The lowest BCUT2D eigenvalue weighted by molar-refractivity contribution is -0.0116. The fourth-order valence-electron chi connectivity index (χ4n) is 4.90. The second-order valence-electron chi connectivity index (χ2n) is 8.51. The molecule has 0 spiro atoms. The lowest BCUT2D eigenvalue weighted by Crippen LogP contribution is -2.50. The van der Waals surface area contributed by atoms with Crippen molar-refractivity contribution in [3.63, 3.8) is 0 Å². The molecule has 6 nitrogen and oxygen atoms in total. The molecule has 2 unspecified atom stereocenters. The Morgan fingerprint density at radius 3 is 2.78 bits per heavy atom. The Bertz CT molecular complexity index is 901. The van der Waals surface area contributed by atoms with Crippen LogP contribution in [0, 0.1) is 11.8 Å². The van der Waals surface area contributed by atoms with Crippen molar-refractivity contribution in [1.29, 1.82) is 0 Å². The molecule has 1 saturated heterocycles. The summed E-state index contributed by atoms with van der Waals surface area (Å²) in [5.41, 5.74) is 1.34. The van der Waals surface area contributed by atoms with Gasteiger partial charge in [-0.3, -0.25) is 4.68 Å². The van der Waals surface area contributed by atoms with Crippen LogP contribution in [0.1, 0.15) is 44.3 Å². The lowest BCUT2D eigenvalue weighted by atomic mass is 9.75. The third-order valence-corrected chi connectivity index (χ3v) is 7.03. The van der Waals surface area contributed by atoms with Crippen LogP contribution in [0.2, 0.25) is 5.02 Å². The van der Waals surface area contributed by atoms with Crippen molar-refractivity contribution in [3.05, 3.63) is 28.9 Å². The maximum Gasteiger partial charge on any atom is 0.317 e. The molecule has 1 aromatic carbocycles. The number of urea groups is 1. The second kappa shape index (κ2) is 6.11. The first-order valence-electron chi connectivity index (χ1n) is 9.87. The van der Waals surface area contributed by atoms with Gasteiger partial charge >= 0.3 is 6.03 Å². The molecule has 2 aliphatic heterocycles. The molecule has 7 heteroatoms. The van der Waals surface area contributed by atoms with Crippen LogP contribution < -0.4 is 5.32 Å². The molecule has 2 N–H and O–H groups in total. The molecule has 144 valence electrons. The Labute approximate surface area is 163 Å². The average molecular weight is 389 g/mol. The minimum atomic E-state index is -0.636. The second-order valence-corrected chi connectivity index (χ2v) is 8.94. The number of halogens is 1. The van der Waals surface area contributed by atoms with Gasteiger partial charge in [-0.15, -0.1) is 0 Å². The Hall–Kier alpha value is -1.79. The van der Waals surface area contributed by atoms with Gasteiger partial charge in [0, 0.05) is 35.6 Å². The van der Waals surface area contributed by atoms with Gasteiger partial charge in [-0.25, -0.2) is 4.79 Å². The van der Waals surface area contributed by atoms with Crippen molar-refractivity contribution in [2.24, 2.45) is 11.8 Å². The number of hydrogen-bond donors (Lipinski definition) is 2. The number of amides is 2. The lowest BCUT2D eigenvalue weighted by Gasteiger charge is -2.42. The molecule has 2 aromatic rings. The fraction of sp³-hybridized carbons (Fsp3) is 0.600. The number of aromatic nitrogens is 2. The molecule has 3 aliphatic rings. The third kappa shape index (κ3) is 2.64. The molecule has 0 bridgehead atoms. The van der Waals surface area contributed by atoms with Crippen molar-refractivity contribution in [2.45, 2.75) is 44.2 Å². The number of carbonyl (C=O) groups excluding carboxylic acids is 1. The Kier molecular flexibility index (Phi) is 3.92. The number of likely N-dealkylation sites (tertiary alicyclic amines) is 1. The molecule has 27 heavy (non-hydrogen) atoms. The van der Waals surface area contributed by atoms with Gasteiger partial charge in [-0.1, -0.05) is 11.6 Å². The third-order valence-electron chi connectivity index (χ3n) is 6.81. The average Bonchev–Trinajstić information content (AvgIpc) is 3.37. The van der Waals surface area contributed by atoms with Crippen molar-refractivity contribution in [2.75, 3.05) is 19.6 Å². The van der Waals surface area contributed by atoms with E-state index in [1.807, 2.05) is 27.9 Å². The van der Waals surface area contributed by atoms with Crippen LogP contribution in [-0.2, 0) is 5.54 Å². The Morgan fingerprint density at radius 2 is 2.07 bits per heavy atom. The van der Waals surface area contributed by atoms with E-state index in [1.165, 1.54) is 12.8 Å². The summed E-state index contributed by atoms with van der Waals surface area (Å²) < 4.78 is 1.99. The number of hydrogen-bond acceptors (Lipinski definition) is 3. The highest BCUT2D eigenvalue weighted by atomic mass is 35.5. The van der Waals surface area contributed by atoms with Crippen LogP contribution >= 0.6 is 11.6 Å². The molecule has 3 heterocycles. The van der Waals surface area contributed by atoms with E-state index in [-0.39, 0.29) is 11.9 Å². The van der Waals surface area contributed by atoms with E-state index in [9.17, 15) is 9.90 Å².